The van der Waals surface area contributed by atoms with E-state index in [1.165, 1.54) is 12.0 Å². The molecular weight excluding hydrogens is 346 g/mol. The van der Waals surface area contributed by atoms with Crippen molar-refractivity contribution < 1.29 is 0 Å². The summed E-state index contributed by atoms with van der Waals surface area (Å²) in [7, 11) is 0. The Labute approximate surface area is 163 Å². The third-order valence-corrected chi connectivity index (χ3v) is 5.73. The van der Waals surface area contributed by atoms with Gasteiger partial charge in [-0.2, -0.15) is 5.26 Å². The lowest BCUT2D eigenvalue weighted by molar-refractivity contribution is 0.468. The van der Waals surface area contributed by atoms with Gasteiger partial charge in [0, 0.05) is 18.9 Å². The van der Waals surface area contributed by atoms with Crippen molar-refractivity contribution in [1.82, 2.24) is 14.4 Å². The van der Waals surface area contributed by atoms with Gasteiger partial charge in [-0.15, -0.1) is 0 Å². The van der Waals surface area contributed by atoms with Crippen LogP contribution in [0.3, 0.4) is 0 Å². The number of benzene rings is 1. The van der Waals surface area contributed by atoms with Gasteiger partial charge in [0.05, 0.1) is 22.6 Å². The van der Waals surface area contributed by atoms with Crippen LogP contribution in [0.25, 0.3) is 16.7 Å². The molecule has 28 heavy (non-hydrogen) atoms. The molecule has 0 spiro atoms. The van der Waals surface area contributed by atoms with Crippen molar-refractivity contribution in [2.75, 3.05) is 11.4 Å². The fraction of sp³-hybridized carbons (Fsp3) is 0.261. The lowest BCUT2D eigenvalue weighted by Crippen LogP contribution is -2.34. The van der Waals surface area contributed by atoms with Gasteiger partial charge in [-0.25, -0.2) is 4.98 Å². The van der Waals surface area contributed by atoms with Gasteiger partial charge in [-0.3, -0.25) is 9.38 Å². The molecule has 3 aromatic heterocycles. The minimum absolute atomic E-state index is 0.277. The molecule has 0 bridgehead atoms. The topological polar surface area (TPSA) is 57.2 Å². The summed E-state index contributed by atoms with van der Waals surface area (Å²) in [6, 6.07) is 17.1. The Morgan fingerprint density at radius 2 is 2.04 bits per heavy atom. The molecule has 1 aliphatic rings. The van der Waals surface area contributed by atoms with E-state index in [0.717, 1.165) is 47.4 Å². The van der Waals surface area contributed by atoms with Crippen LogP contribution in [-0.2, 0) is 0 Å². The van der Waals surface area contributed by atoms with Crippen LogP contribution in [0.15, 0.2) is 54.9 Å². The highest BCUT2D eigenvalue weighted by atomic mass is 15.3. The number of para-hydroxylation sites is 2. The summed E-state index contributed by atoms with van der Waals surface area (Å²) in [6.45, 7) is 2.98. The molecule has 0 amide bonds. The maximum atomic E-state index is 9.75. The van der Waals surface area contributed by atoms with Crippen molar-refractivity contribution >= 4 is 22.5 Å². The van der Waals surface area contributed by atoms with E-state index in [4.69, 9.17) is 4.98 Å². The summed E-state index contributed by atoms with van der Waals surface area (Å²) in [5.74, 6) is 1.11. The molecule has 1 unspecified atom stereocenters. The molecule has 0 radical (unpaired) electrons. The van der Waals surface area contributed by atoms with Crippen molar-refractivity contribution in [2.24, 2.45) is 0 Å². The van der Waals surface area contributed by atoms with E-state index < -0.39 is 0 Å². The molecule has 4 heterocycles. The highest BCUT2D eigenvalue weighted by molar-refractivity contribution is 5.85. The van der Waals surface area contributed by atoms with Crippen molar-refractivity contribution in [3.63, 3.8) is 0 Å². The fourth-order valence-electron chi connectivity index (χ4n) is 4.41. The Morgan fingerprint density at radius 1 is 1.14 bits per heavy atom. The lowest BCUT2D eigenvalue weighted by Gasteiger charge is -2.38. The molecule has 0 saturated carbocycles. The Kier molecular flexibility index (Phi) is 3.98. The number of rotatable bonds is 2. The Balaban J connectivity index is 1.79. The zero-order chi connectivity index (χ0) is 19.1. The number of imidazole rings is 1. The number of aromatic nitrogens is 3. The smallest absolute Gasteiger partial charge is 0.157 e. The monoisotopic (exact) mass is 367 g/mol. The Hall–Kier alpha value is -3.39. The quantitative estimate of drug-likeness (QED) is 0.511. The number of aryl methyl sites for hydroxylation is 1. The van der Waals surface area contributed by atoms with Crippen molar-refractivity contribution in [3.05, 3.63) is 71.5 Å². The first kappa shape index (κ1) is 16.8. The van der Waals surface area contributed by atoms with Crippen LogP contribution in [-0.4, -0.2) is 20.9 Å². The molecule has 5 heteroatoms. The first-order valence-corrected chi connectivity index (χ1v) is 9.75. The summed E-state index contributed by atoms with van der Waals surface area (Å²) in [5, 5.41) is 9.75. The van der Waals surface area contributed by atoms with Gasteiger partial charge in [0.25, 0.3) is 0 Å². The van der Waals surface area contributed by atoms with Crippen LogP contribution in [0.4, 0.5) is 5.82 Å². The van der Waals surface area contributed by atoms with Crippen LogP contribution in [0, 0.1) is 18.3 Å². The molecule has 0 aliphatic carbocycles. The van der Waals surface area contributed by atoms with E-state index in [1.807, 2.05) is 43.6 Å². The first-order chi connectivity index (χ1) is 13.8. The SMILES string of the molecule is Cc1cc(N2CCCCC2c2cccnc2)n2c(nc3ccccc32)c1C#N. The zero-order valence-corrected chi connectivity index (χ0v) is 15.8. The maximum absolute atomic E-state index is 9.75. The lowest BCUT2D eigenvalue weighted by atomic mass is 9.96. The van der Waals surface area contributed by atoms with Crippen molar-refractivity contribution in [1.29, 1.82) is 5.26 Å². The molecule has 4 aromatic rings. The predicted octanol–water partition coefficient (Wildman–Crippen LogP) is 4.79. The summed E-state index contributed by atoms with van der Waals surface area (Å²) in [6.07, 6.45) is 7.26. The highest BCUT2D eigenvalue weighted by Crippen LogP contribution is 2.37. The van der Waals surface area contributed by atoms with E-state index in [0.29, 0.717) is 5.56 Å². The average Bonchev–Trinajstić information content (AvgIpc) is 3.13. The molecule has 1 atom stereocenters. The van der Waals surface area contributed by atoms with E-state index in [1.54, 1.807) is 0 Å². The van der Waals surface area contributed by atoms with Crippen molar-refractivity contribution in [3.8, 4) is 6.07 Å². The fourth-order valence-corrected chi connectivity index (χ4v) is 4.41. The van der Waals surface area contributed by atoms with E-state index in [-0.39, 0.29) is 6.04 Å². The standard InChI is InChI=1S/C23H21N5/c1-16-13-22(27-12-5-4-9-20(27)17-7-6-11-25-15-17)28-21-10-3-2-8-19(21)26-23(28)18(16)14-24/h2-3,6-8,10-11,13,15,20H,4-5,9,12H2,1H3. The number of hydrogen-bond donors (Lipinski definition) is 0. The van der Waals surface area contributed by atoms with Gasteiger partial charge < -0.3 is 4.90 Å². The van der Waals surface area contributed by atoms with E-state index in [2.05, 4.69) is 38.6 Å². The number of nitriles is 1. The number of hydrogen-bond acceptors (Lipinski definition) is 4. The average molecular weight is 367 g/mol. The first-order valence-electron chi connectivity index (χ1n) is 9.75. The Bertz CT molecular complexity index is 1200. The number of anilines is 1. The number of nitrogens with zero attached hydrogens (tertiary/aromatic N) is 5. The molecule has 1 aliphatic heterocycles. The third kappa shape index (κ3) is 2.53. The van der Waals surface area contributed by atoms with Crippen LogP contribution in [0.1, 0.15) is 42.0 Å². The van der Waals surface area contributed by atoms with E-state index in [9.17, 15) is 5.26 Å². The number of piperidine rings is 1. The molecule has 1 aromatic carbocycles. The number of pyridine rings is 2. The zero-order valence-electron chi connectivity index (χ0n) is 15.8. The number of fused-ring (bicyclic) bond motifs is 3. The molecule has 1 fully saturated rings. The largest absolute Gasteiger partial charge is 0.351 e. The van der Waals surface area contributed by atoms with Gasteiger partial charge in [0.1, 0.15) is 11.9 Å². The highest BCUT2D eigenvalue weighted by Gasteiger charge is 2.28. The molecule has 1 saturated heterocycles. The Morgan fingerprint density at radius 3 is 2.86 bits per heavy atom. The summed E-state index contributed by atoms with van der Waals surface area (Å²) >= 11 is 0. The van der Waals surface area contributed by atoms with Crippen LogP contribution >= 0.6 is 0 Å². The maximum Gasteiger partial charge on any atom is 0.157 e. The van der Waals surface area contributed by atoms with E-state index >= 15 is 0 Å². The summed E-state index contributed by atoms with van der Waals surface area (Å²) in [5.41, 5.74) is 5.56. The second-order valence-electron chi connectivity index (χ2n) is 7.42. The molecular formula is C23H21N5. The molecule has 138 valence electrons. The predicted molar refractivity (Wildman–Crippen MR) is 110 cm³/mol. The second kappa shape index (κ2) is 6.65. The summed E-state index contributed by atoms with van der Waals surface area (Å²) in [4.78, 5) is 11.6. The van der Waals surface area contributed by atoms with Crippen LogP contribution in [0.5, 0.6) is 0 Å². The van der Waals surface area contributed by atoms with Gasteiger partial charge in [-0.05, 0) is 61.6 Å². The van der Waals surface area contributed by atoms with Crippen LogP contribution in [0.2, 0.25) is 0 Å². The van der Waals surface area contributed by atoms with Crippen molar-refractivity contribution in [2.45, 2.75) is 32.2 Å². The van der Waals surface area contributed by atoms with Crippen LogP contribution < -0.4 is 4.90 Å². The van der Waals surface area contributed by atoms with Gasteiger partial charge in [0.15, 0.2) is 5.65 Å². The van der Waals surface area contributed by atoms with Gasteiger partial charge in [0.2, 0.25) is 0 Å². The summed E-state index contributed by atoms with van der Waals surface area (Å²) < 4.78 is 2.16. The third-order valence-electron chi connectivity index (χ3n) is 5.73. The van der Waals surface area contributed by atoms with Gasteiger partial charge in [-0.1, -0.05) is 18.2 Å². The molecule has 5 rings (SSSR count). The normalized spacial score (nSPS) is 17.1. The minimum atomic E-state index is 0.277. The second-order valence-corrected chi connectivity index (χ2v) is 7.42. The minimum Gasteiger partial charge on any atom is -0.351 e. The van der Waals surface area contributed by atoms with Gasteiger partial charge >= 0.3 is 0 Å². The molecule has 5 nitrogen and oxygen atoms in total. The molecule has 0 N–H and O–H groups in total.